The van der Waals surface area contributed by atoms with E-state index in [1.807, 2.05) is 6.07 Å². The molecule has 6 nitrogen and oxygen atoms in total. The van der Waals surface area contributed by atoms with Crippen molar-refractivity contribution in [1.82, 2.24) is 0 Å². The number of carbonyl (C=O) groups is 2. The summed E-state index contributed by atoms with van der Waals surface area (Å²) in [6, 6.07) is 22.0. The number of methoxy groups -OCH3 is 2. The molecule has 1 aliphatic heterocycles. The van der Waals surface area contributed by atoms with E-state index in [1.54, 1.807) is 79.9 Å². The molecule has 4 rings (SSSR count). The van der Waals surface area contributed by atoms with Gasteiger partial charge in [-0.3, -0.25) is 14.5 Å². The van der Waals surface area contributed by atoms with Crippen molar-refractivity contribution in [2.75, 3.05) is 19.1 Å². The Kier molecular flexibility index (Phi) is 5.45. The summed E-state index contributed by atoms with van der Waals surface area (Å²) < 4.78 is 10.6. The molecule has 0 bridgehead atoms. The molecule has 0 spiro atoms. The maximum atomic E-state index is 13.1. The number of benzene rings is 3. The van der Waals surface area contributed by atoms with Crippen LogP contribution in [0.3, 0.4) is 0 Å². The van der Waals surface area contributed by atoms with Gasteiger partial charge in [-0.2, -0.15) is 0 Å². The molecule has 1 aliphatic rings. The largest absolute Gasteiger partial charge is 0.507 e. The van der Waals surface area contributed by atoms with E-state index in [9.17, 15) is 14.7 Å². The average molecular weight is 415 g/mol. The van der Waals surface area contributed by atoms with E-state index in [1.165, 1.54) is 12.0 Å². The lowest BCUT2D eigenvalue weighted by molar-refractivity contribution is -0.132. The van der Waals surface area contributed by atoms with Crippen LogP contribution in [0.1, 0.15) is 17.2 Å². The average Bonchev–Trinajstić information content (AvgIpc) is 3.09. The molecule has 1 fully saturated rings. The monoisotopic (exact) mass is 415 g/mol. The third-order valence-electron chi connectivity index (χ3n) is 5.27. The standard InChI is InChI=1S/C25H21NO5/c1-30-18-14-12-16(13-15-18)22-21(23(27)19-10-6-7-11-20(19)31-2)24(28)25(29)26(22)17-8-4-3-5-9-17/h3-15,22,27H,1-2H3/b23-21-. The molecule has 1 saturated heterocycles. The quantitative estimate of drug-likeness (QED) is 0.381. The number of hydrogen-bond donors (Lipinski definition) is 1. The number of aliphatic hydroxyl groups is 1. The third-order valence-corrected chi connectivity index (χ3v) is 5.27. The van der Waals surface area contributed by atoms with Gasteiger partial charge in [0.15, 0.2) is 0 Å². The zero-order valence-electron chi connectivity index (χ0n) is 17.1. The highest BCUT2D eigenvalue weighted by molar-refractivity contribution is 6.51. The summed E-state index contributed by atoms with van der Waals surface area (Å²) in [4.78, 5) is 27.6. The Morgan fingerprint density at radius 3 is 2.13 bits per heavy atom. The van der Waals surface area contributed by atoms with E-state index in [2.05, 4.69) is 0 Å². The summed E-state index contributed by atoms with van der Waals surface area (Å²) in [7, 11) is 3.04. The fourth-order valence-corrected chi connectivity index (χ4v) is 3.77. The fourth-order valence-electron chi connectivity index (χ4n) is 3.77. The van der Waals surface area contributed by atoms with E-state index >= 15 is 0 Å². The van der Waals surface area contributed by atoms with Gasteiger partial charge in [-0.1, -0.05) is 42.5 Å². The highest BCUT2D eigenvalue weighted by atomic mass is 16.5. The second-order valence-electron chi connectivity index (χ2n) is 6.98. The lowest BCUT2D eigenvalue weighted by Crippen LogP contribution is -2.29. The SMILES string of the molecule is COc1ccc(C2/C(=C(/O)c3ccccc3OC)C(=O)C(=O)N2c2ccccc2)cc1. The Hall–Kier alpha value is -4.06. The number of rotatable bonds is 5. The van der Waals surface area contributed by atoms with Crippen LogP contribution in [0, 0.1) is 0 Å². The fraction of sp³-hybridized carbons (Fsp3) is 0.120. The zero-order valence-corrected chi connectivity index (χ0v) is 17.1. The molecule has 156 valence electrons. The summed E-state index contributed by atoms with van der Waals surface area (Å²) in [6.07, 6.45) is 0. The van der Waals surface area contributed by atoms with Crippen molar-refractivity contribution in [1.29, 1.82) is 0 Å². The number of ketones is 1. The van der Waals surface area contributed by atoms with Crippen LogP contribution in [0.5, 0.6) is 11.5 Å². The molecule has 1 atom stereocenters. The molecule has 1 heterocycles. The van der Waals surface area contributed by atoms with Crippen LogP contribution in [0.25, 0.3) is 5.76 Å². The predicted octanol–water partition coefficient (Wildman–Crippen LogP) is 4.33. The van der Waals surface area contributed by atoms with Crippen LogP contribution in [0.4, 0.5) is 5.69 Å². The number of amides is 1. The Bertz CT molecular complexity index is 1150. The number of nitrogens with zero attached hydrogens (tertiary/aromatic N) is 1. The van der Waals surface area contributed by atoms with Gasteiger partial charge in [0, 0.05) is 5.69 Å². The molecule has 1 amide bonds. The second kappa shape index (κ2) is 8.36. The smallest absolute Gasteiger partial charge is 0.300 e. The van der Waals surface area contributed by atoms with E-state index in [4.69, 9.17) is 9.47 Å². The molecular weight excluding hydrogens is 394 g/mol. The molecule has 0 saturated carbocycles. The first-order valence-corrected chi connectivity index (χ1v) is 9.70. The molecule has 0 radical (unpaired) electrons. The second-order valence-corrected chi connectivity index (χ2v) is 6.98. The summed E-state index contributed by atoms with van der Waals surface area (Å²) >= 11 is 0. The minimum absolute atomic E-state index is 0.00326. The molecule has 3 aromatic rings. The number of aliphatic hydroxyl groups excluding tert-OH is 1. The Balaban J connectivity index is 1.95. The summed E-state index contributed by atoms with van der Waals surface area (Å²) in [5.41, 5.74) is 1.57. The summed E-state index contributed by atoms with van der Waals surface area (Å²) in [6.45, 7) is 0. The molecule has 1 N–H and O–H groups in total. The van der Waals surface area contributed by atoms with Gasteiger partial charge in [-0.05, 0) is 42.0 Å². The molecule has 0 aliphatic carbocycles. The number of para-hydroxylation sites is 2. The Morgan fingerprint density at radius 1 is 0.839 bits per heavy atom. The van der Waals surface area contributed by atoms with Crippen molar-refractivity contribution in [3.8, 4) is 11.5 Å². The van der Waals surface area contributed by atoms with Crippen molar-refractivity contribution >= 4 is 23.1 Å². The van der Waals surface area contributed by atoms with Crippen LogP contribution in [0.2, 0.25) is 0 Å². The van der Waals surface area contributed by atoms with Crippen LogP contribution in [-0.2, 0) is 9.59 Å². The molecule has 31 heavy (non-hydrogen) atoms. The van der Waals surface area contributed by atoms with Crippen LogP contribution < -0.4 is 14.4 Å². The Labute approximate surface area is 180 Å². The van der Waals surface area contributed by atoms with Gasteiger partial charge < -0.3 is 14.6 Å². The number of Topliss-reactive ketones (excluding diaryl/α,β-unsaturated/α-hetero) is 1. The third kappa shape index (κ3) is 3.53. The molecule has 1 unspecified atom stereocenters. The highest BCUT2D eigenvalue weighted by Crippen LogP contribution is 2.43. The first-order valence-electron chi connectivity index (χ1n) is 9.70. The molecular formula is C25H21NO5. The normalized spacial score (nSPS) is 17.6. The topological polar surface area (TPSA) is 76.1 Å². The van der Waals surface area contributed by atoms with Crippen LogP contribution >= 0.6 is 0 Å². The van der Waals surface area contributed by atoms with Gasteiger partial charge in [0.2, 0.25) is 0 Å². The van der Waals surface area contributed by atoms with E-state index in [0.717, 1.165) is 0 Å². The van der Waals surface area contributed by atoms with Gasteiger partial charge >= 0.3 is 0 Å². The van der Waals surface area contributed by atoms with Gasteiger partial charge in [0.25, 0.3) is 11.7 Å². The van der Waals surface area contributed by atoms with Crippen molar-refractivity contribution in [3.63, 3.8) is 0 Å². The lowest BCUT2D eigenvalue weighted by atomic mass is 9.94. The van der Waals surface area contributed by atoms with Gasteiger partial charge in [0.1, 0.15) is 17.3 Å². The predicted molar refractivity (Wildman–Crippen MR) is 117 cm³/mol. The highest BCUT2D eigenvalue weighted by Gasteiger charge is 2.47. The van der Waals surface area contributed by atoms with E-state index in [-0.39, 0.29) is 11.3 Å². The number of carbonyl (C=O) groups excluding carboxylic acids is 2. The zero-order chi connectivity index (χ0) is 22.0. The van der Waals surface area contributed by atoms with Gasteiger partial charge in [-0.15, -0.1) is 0 Å². The van der Waals surface area contributed by atoms with Gasteiger partial charge in [-0.25, -0.2) is 0 Å². The van der Waals surface area contributed by atoms with Crippen molar-refractivity contribution in [2.45, 2.75) is 6.04 Å². The number of anilines is 1. The van der Waals surface area contributed by atoms with Crippen molar-refractivity contribution in [3.05, 3.63) is 95.6 Å². The van der Waals surface area contributed by atoms with Gasteiger partial charge in [0.05, 0.1) is 31.4 Å². The summed E-state index contributed by atoms with van der Waals surface area (Å²) in [5.74, 6) is -0.698. The number of hydrogen-bond acceptors (Lipinski definition) is 5. The van der Waals surface area contributed by atoms with Crippen molar-refractivity contribution < 1.29 is 24.2 Å². The molecule has 6 heteroatoms. The summed E-state index contributed by atoms with van der Waals surface area (Å²) in [5, 5.41) is 11.2. The van der Waals surface area contributed by atoms with Crippen LogP contribution in [0.15, 0.2) is 84.4 Å². The first kappa shape index (κ1) is 20.2. The molecule has 0 aromatic heterocycles. The maximum Gasteiger partial charge on any atom is 0.300 e. The van der Waals surface area contributed by atoms with Crippen molar-refractivity contribution in [2.24, 2.45) is 0 Å². The maximum absolute atomic E-state index is 13.1. The minimum atomic E-state index is -0.807. The number of ether oxygens (including phenoxy) is 2. The Morgan fingerprint density at radius 2 is 1.48 bits per heavy atom. The lowest BCUT2D eigenvalue weighted by Gasteiger charge is -2.25. The van der Waals surface area contributed by atoms with Crippen LogP contribution in [-0.4, -0.2) is 31.0 Å². The minimum Gasteiger partial charge on any atom is -0.507 e. The van der Waals surface area contributed by atoms with E-state index in [0.29, 0.717) is 28.3 Å². The first-order chi connectivity index (χ1) is 15.1. The van der Waals surface area contributed by atoms with E-state index < -0.39 is 17.7 Å². The molecule has 3 aromatic carbocycles.